The van der Waals surface area contributed by atoms with Crippen LogP contribution in [0.15, 0.2) is 18.2 Å². The third kappa shape index (κ3) is 2.12. The Morgan fingerprint density at radius 3 is 2.78 bits per heavy atom. The maximum absolute atomic E-state index is 11.7. The fraction of sp³-hybridized carbons (Fsp3) is 0.364. The van der Waals surface area contributed by atoms with Crippen molar-refractivity contribution in [2.24, 2.45) is 5.73 Å². The van der Waals surface area contributed by atoms with Crippen molar-refractivity contribution in [1.29, 1.82) is 0 Å². The fourth-order valence-electron chi connectivity index (χ4n) is 1.97. The third-order valence-electron chi connectivity index (χ3n) is 2.82. The topological polar surface area (TPSA) is 98.7 Å². The van der Waals surface area contributed by atoms with Gasteiger partial charge in [-0.25, -0.2) is 0 Å². The number of hydrogen-bond acceptors (Lipinski definition) is 5. The highest BCUT2D eigenvalue weighted by Crippen LogP contribution is 2.34. The molecule has 0 spiro atoms. The zero-order valence-corrected chi connectivity index (χ0v) is 9.83. The number of amides is 1. The molecule has 1 saturated heterocycles. The normalized spacial score (nSPS) is 19.1. The first-order chi connectivity index (χ1) is 8.52. The van der Waals surface area contributed by atoms with Crippen LogP contribution in [0.1, 0.15) is 6.42 Å². The molecule has 1 aromatic carbocycles. The monoisotopic (exact) mass is 251 g/mol. The Hall–Kier alpha value is -2.15. The van der Waals surface area contributed by atoms with Gasteiger partial charge in [-0.15, -0.1) is 0 Å². The molecule has 1 aliphatic heterocycles. The smallest absolute Gasteiger partial charge is 0.273 e. The number of carbonyl (C=O) groups excluding carboxylic acids is 1. The molecule has 0 saturated carbocycles. The van der Waals surface area contributed by atoms with Crippen LogP contribution in [0.25, 0.3) is 0 Å². The van der Waals surface area contributed by atoms with Crippen LogP contribution in [-0.2, 0) is 4.79 Å². The van der Waals surface area contributed by atoms with Gasteiger partial charge < -0.3 is 15.4 Å². The van der Waals surface area contributed by atoms with Crippen molar-refractivity contribution < 1.29 is 14.5 Å². The lowest BCUT2D eigenvalue weighted by atomic mass is 10.2. The van der Waals surface area contributed by atoms with E-state index in [4.69, 9.17) is 10.5 Å². The highest BCUT2D eigenvalue weighted by atomic mass is 16.6. The molecule has 2 N–H and O–H groups in total. The number of benzene rings is 1. The lowest BCUT2D eigenvalue weighted by Gasteiger charge is -2.18. The zero-order valence-electron chi connectivity index (χ0n) is 9.83. The summed E-state index contributed by atoms with van der Waals surface area (Å²) in [6.45, 7) is 0.396. The van der Waals surface area contributed by atoms with Gasteiger partial charge in [0.2, 0.25) is 5.91 Å². The van der Waals surface area contributed by atoms with Crippen molar-refractivity contribution >= 4 is 17.3 Å². The van der Waals surface area contributed by atoms with Crippen LogP contribution in [0.5, 0.6) is 5.75 Å². The number of nitro groups is 1. The molecule has 1 aromatic rings. The lowest BCUT2D eigenvalue weighted by Crippen LogP contribution is -2.28. The number of methoxy groups -OCH3 is 1. The molecule has 1 atom stereocenters. The number of anilines is 1. The first-order valence-electron chi connectivity index (χ1n) is 5.41. The van der Waals surface area contributed by atoms with E-state index in [2.05, 4.69) is 0 Å². The van der Waals surface area contributed by atoms with E-state index < -0.39 is 4.92 Å². The van der Waals surface area contributed by atoms with Crippen LogP contribution >= 0.6 is 0 Å². The molecule has 0 aromatic heterocycles. The summed E-state index contributed by atoms with van der Waals surface area (Å²) in [5.41, 5.74) is 6.15. The van der Waals surface area contributed by atoms with Gasteiger partial charge >= 0.3 is 0 Å². The summed E-state index contributed by atoms with van der Waals surface area (Å²) in [6.07, 6.45) is 0.278. The lowest BCUT2D eigenvalue weighted by molar-refractivity contribution is -0.384. The van der Waals surface area contributed by atoms with Gasteiger partial charge in [0.15, 0.2) is 0 Å². The molecule has 1 heterocycles. The van der Waals surface area contributed by atoms with Crippen LogP contribution < -0.4 is 15.4 Å². The van der Waals surface area contributed by atoms with E-state index in [1.54, 1.807) is 0 Å². The molecule has 0 bridgehead atoms. The second kappa shape index (κ2) is 4.61. The molecule has 1 amide bonds. The Kier molecular flexibility index (Phi) is 3.15. The van der Waals surface area contributed by atoms with E-state index >= 15 is 0 Å². The summed E-state index contributed by atoms with van der Waals surface area (Å²) in [5, 5.41) is 10.7. The standard InChI is InChI=1S/C11H13N3O4/c1-18-10-5-8(14(16)17)2-3-9(10)13-6-7(12)4-11(13)15/h2-3,5,7H,4,6,12H2,1H3. The number of nitro benzene ring substituents is 1. The summed E-state index contributed by atoms with van der Waals surface area (Å²) in [5.74, 6) is 0.196. The molecular formula is C11H13N3O4. The highest BCUT2D eigenvalue weighted by molar-refractivity contribution is 5.97. The number of non-ortho nitro benzene ring substituents is 1. The summed E-state index contributed by atoms with van der Waals surface area (Å²) in [4.78, 5) is 23.4. The average Bonchev–Trinajstić information content (AvgIpc) is 2.67. The second-order valence-electron chi connectivity index (χ2n) is 4.08. The minimum Gasteiger partial charge on any atom is -0.494 e. The van der Waals surface area contributed by atoms with E-state index in [-0.39, 0.29) is 24.1 Å². The Morgan fingerprint density at radius 2 is 2.28 bits per heavy atom. The van der Waals surface area contributed by atoms with Crippen molar-refractivity contribution in [1.82, 2.24) is 0 Å². The molecule has 1 aliphatic rings. The highest BCUT2D eigenvalue weighted by Gasteiger charge is 2.30. The Balaban J connectivity index is 2.39. The van der Waals surface area contributed by atoms with Gasteiger partial charge in [0, 0.05) is 25.1 Å². The van der Waals surface area contributed by atoms with Crippen LogP contribution in [0.4, 0.5) is 11.4 Å². The largest absolute Gasteiger partial charge is 0.494 e. The number of rotatable bonds is 3. The van der Waals surface area contributed by atoms with Crippen LogP contribution in [-0.4, -0.2) is 30.5 Å². The van der Waals surface area contributed by atoms with Gasteiger partial charge in [0.05, 0.1) is 23.8 Å². The van der Waals surface area contributed by atoms with Crippen molar-refractivity contribution in [3.05, 3.63) is 28.3 Å². The zero-order chi connectivity index (χ0) is 13.3. The molecule has 7 heteroatoms. The van der Waals surface area contributed by atoms with E-state index in [1.807, 2.05) is 0 Å². The van der Waals surface area contributed by atoms with Gasteiger partial charge in [-0.1, -0.05) is 0 Å². The molecule has 7 nitrogen and oxygen atoms in total. The van der Waals surface area contributed by atoms with Crippen LogP contribution in [0.3, 0.4) is 0 Å². The Morgan fingerprint density at radius 1 is 1.56 bits per heavy atom. The summed E-state index contributed by atoms with van der Waals surface area (Å²) in [7, 11) is 1.41. The van der Waals surface area contributed by atoms with Gasteiger partial charge in [-0.3, -0.25) is 14.9 Å². The predicted molar refractivity (Wildman–Crippen MR) is 64.6 cm³/mol. The minimum atomic E-state index is -0.510. The summed E-state index contributed by atoms with van der Waals surface area (Å²) < 4.78 is 5.09. The number of nitrogens with zero attached hydrogens (tertiary/aromatic N) is 2. The molecule has 1 fully saturated rings. The van der Waals surface area contributed by atoms with Crippen molar-refractivity contribution in [2.45, 2.75) is 12.5 Å². The van der Waals surface area contributed by atoms with E-state index in [0.29, 0.717) is 18.0 Å². The molecule has 96 valence electrons. The third-order valence-corrected chi connectivity index (χ3v) is 2.82. The van der Waals surface area contributed by atoms with Crippen molar-refractivity contribution in [3.63, 3.8) is 0 Å². The Labute approximate surface area is 103 Å². The maximum atomic E-state index is 11.7. The van der Waals surface area contributed by atoms with Gasteiger partial charge in [-0.05, 0) is 6.07 Å². The molecule has 0 radical (unpaired) electrons. The SMILES string of the molecule is COc1cc([N+](=O)[O-])ccc1N1CC(N)CC1=O. The molecule has 2 rings (SSSR count). The first-order valence-corrected chi connectivity index (χ1v) is 5.41. The van der Waals surface area contributed by atoms with Crippen LogP contribution in [0, 0.1) is 10.1 Å². The van der Waals surface area contributed by atoms with E-state index in [0.717, 1.165) is 0 Å². The van der Waals surface area contributed by atoms with Crippen molar-refractivity contribution in [3.8, 4) is 5.75 Å². The summed E-state index contributed by atoms with van der Waals surface area (Å²) >= 11 is 0. The van der Waals surface area contributed by atoms with E-state index in [9.17, 15) is 14.9 Å². The second-order valence-corrected chi connectivity index (χ2v) is 4.08. The Bertz CT molecular complexity index is 503. The average molecular weight is 251 g/mol. The fourth-order valence-corrected chi connectivity index (χ4v) is 1.97. The minimum absolute atomic E-state index is 0.0773. The van der Waals surface area contributed by atoms with Crippen molar-refractivity contribution in [2.75, 3.05) is 18.6 Å². The number of hydrogen-bond donors (Lipinski definition) is 1. The molecule has 0 aliphatic carbocycles. The predicted octanol–water partition coefficient (Wildman–Crippen LogP) is 0.667. The molecule has 18 heavy (non-hydrogen) atoms. The number of nitrogens with two attached hydrogens (primary N) is 1. The number of carbonyl (C=O) groups is 1. The quantitative estimate of drug-likeness (QED) is 0.628. The van der Waals surface area contributed by atoms with Crippen LogP contribution in [0.2, 0.25) is 0 Å². The van der Waals surface area contributed by atoms with Gasteiger partial charge in [-0.2, -0.15) is 0 Å². The molecular weight excluding hydrogens is 238 g/mol. The van der Waals surface area contributed by atoms with E-state index in [1.165, 1.54) is 30.2 Å². The first kappa shape index (κ1) is 12.3. The van der Waals surface area contributed by atoms with Gasteiger partial charge in [0.1, 0.15) is 5.75 Å². The summed E-state index contributed by atoms with van der Waals surface area (Å²) in [6, 6.07) is 3.94. The number of ether oxygens (including phenoxy) is 1. The molecule has 1 unspecified atom stereocenters. The van der Waals surface area contributed by atoms with Gasteiger partial charge in [0.25, 0.3) is 5.69 Å². The maximum Gasteiger partial charge on any atom is 0.273 e.